The molecule has 1 saturated heterocycles. The molecule has 2 aliphatic rings. The maximum Gasteiger partial charge on any atom is 0.289 e. The van der Waals surface area contributed by atoms with E-state index in [0.29, 0.717) is 18.7 Å². The zero-order chi connectivity index (χ0) is 17.4. The third-order valence-corrected chi connectivity index (χ3v) is 5.10. The van der Waals surface area contributed by atoms with Crippen molar-refractivity contribution in [3.8, 4) is 0 Å². The number of benzene rings is 1. The van der Waals surface area contributed by atoms with E-state index in [1.807, 2.05) is 31.3 Å². The van der Waals surface area contributed by atoms with Gasteiger partial charge in [0, 0.05) is 30.9 Å². The van der Waals surface area contributed by atoms with Gasteiger partial charge in [0.25, 0.3) is 5.91 Å². The third kappa shape index (κ3) is 2.82. The van der Waals surface area contributed by atoms with Gasteiger partial charge in [-0.1, -0.05) is 18.2 Å². The van der Waals surface area contributed by atoms with Gasteiger partial charge in [0.15, 0.2) is 5.76 Å². The zero-order valence-corrected chi connectivity index (χ0v) is 14.2. The first-order valence-electron chi connectivity index (χ1n) is 8.57. The molecule has 0 bridgehead atoms. The Hall–Kier alpha value is -2.60. The fourth-order valence-electron chi connectivity index (χ4n) is 3.60. The Labute approximate surface area is 146 Å². The van der Waals surface area contributed by atoms with Crippen molar-refractivity contribution in [3.63, 3.8) is 0 Å². The van der Waals surface area contributed by atoms with E-state index in [1.165, 1.54) is 6.26 Å². The molecule has 6 nitrogen and oxygen atoms in total. The molecule has 6 heteroatoms. The van der Waals surface area contributed by atoms with Gasteiger partial charge in [-0.3, -0.25) is 9.59 Å². The van der Waals surface area contributed by atoms with Gasteiger partial charge in [0.2, 0.25) is 5.91 Å². The summed E-state index contributed by atoms with van der Waals surface area (Å²) in [5.74, 6) is 0.245. The summed E-state index contributed by atoms with van der Waals surface area (Å²) in [4.78, 5) is 28.7. The van der Waals surface area contributed by atoms with E-state index >= 15 is 0 Å². The number of likely N-dealkylation sites (N-methyl/N-ethyl adjacent to an activating group) is 1. The van der Waals surface area contributed by atoms with Crippen LogP contribution in [0.5, 0.6) is 0 Å². The maximum absolute atomic E-state index is 12.8. The third-order valence-electron chi connectivity index (χ3n) is 5.10. The molecule has 1 aromatic carbocycles. The van der Waals surface area contributed by atoms with E-state index in [1.54, 1.807) is 15.9 Å². The number of para-hydroxylation sites is 1. The lowest BCUT2D eigenvalue weighted by molar-refractivity contribution is -0.117. The summed E-state index contributed by atoms with van der Waals surface area (Å²) in [6, 6.07) is 9.73. The molecule has 2 aliphatic heterocycles. The second-order valence-corrected chi connectivity index (χ2v) is 6.62. The van der Waals surface area contributed by atoms with Crippen LogP contribution < -0.4 is 10.2 Å². The number of nitrogens with zero attached hydrogens (tertiary/aromatic N) is 2. The lowest BCUT2D eigenvalue weighted by Gasteiger charge is -2.24. The van der Waals surface area contributed by atoms with Crippen LogP contribution in [0.15, 0.2) is 41.0 Å². The molecule has 4 rings (SSSR count). The molecule has 130 valence electrons. The van der Waals surface area contributed by atoms with Crippen LogP contribution in [-0.2, 0) is 17.8 Å². The minimum absolute atomic E-state index is 0.0501. The molecule has 0 aliphatic carbocycles. The van der Waals surface area contributed by atoms with Crippen LogP contribution in [-0.4, -0.2) is 42.9 Å². The monoisotopic (exact) mass is 339 g/mol. The SMILES string of the molecule is CN(C(=O)c1occc1CN1C(=O)Cc2ccccc21)[C@H]1CCNC1. The molecule has 2 aromatic rings. The van der Waals surface area contributed by atoms with Gasteiger partial charge in [-0.05, 0) is 30.7 Å². The number of nitrogens with one attached hydrogen (secondary N) is 1. The van der Waals surface area contributed by atoms with E-state index in [2.05, 4.69) is 5.32 Å². The van der Waals surface area contributed by atoms with Crippen LogP contribution in [0.4, 0.5) is 5.69 Å². The normalized spacial score (nSPS) is 19.3. The van der Waals surface area contributed by atoms with Crippen molar-refractivity contribution in [2.24, 2.45) is 0 Å². The quantitative estimate of drug-likeness (QED) is 0.922. The Bertz CT molecular complexity index is 808. The van der Waals surface area contributed by atoms with Crippen molar-refractivity contribution in [1.29, 1.82) is 0 Å². The van der Waals surface area contributed by atoms with Crippen molar-refractivity contribution >= 4 is 17.5 Å². The summed E-state index contributed by atoms with van der Waals surface area (Å²) in [6.45, 7) is 2.08. The summed E-state index contributed by atoms with van der Waals surface area (Å²) in [6.07, 6.45) is 2.87. The van der Waals surface area contributed by atoms with Gasteiger partial charge in [-0.2, -0.15) is 0 Å². The number of rotatable bonds is 4. The van der Waals surface area contributed by atoms with Gasteiger partial charge in [0.05, 0.1) is 19.2 Å². The molecule has 1 atom stereocenters. The lowest BCUT2D eigenvalue weighted by Crippen LogP contribution is -2.38. The average Bonchev–Trinajstić information content (AvgIpc) is 3.35. The van der Waals surface area contributed by atoms with E-state index in [0.717, 1.165) is 36.3 Å². The molecule has 2 amide bonds. The molecular formula is C19H21N3O3. The minimum Gasteiger partial charge on any atom is -0.459 e. The Morgan fingerprint density at radius 3 is 3.00 bits per heavy atom. The van der Waals surface area contributed by atoms with Crippen molar-refractivity contribution in [3.05, 3.63) is 53.5 Å². The van der Waals surface area contributed by atoms with E-state index in [9.17, 15) is 9.59 Å². The van der Waals surface area contributed by atoms with Gasteiger partial charge >= 0.3 is 0 Å². The van der Waals surface area contributed by atoms with E-state index in [-0.39, 0.29) is 17.9 Å². The first-order chi connectivity index (χ1) is 12.1. The zero-order valence-electron chi connectivity index (χ0n) is 14.2. The highest BCUT2D eigenvalue weighted by Gasteiger charge is 2.31. The highest BCUT2D eigenvalue weighted by molar-refractivity contribution is 6.01. The number of carbonyl (C=O) groups excluding carboxylic acids is 2. The summed E-state index contributed by atoms with van der Waals surface area (Å²) in [7, 11) is 1.81. The Morgan fingerprint density at radius 2 is 2.20 bits per heavy atom. The number of fused-ring (bicyclic) bond motifs is 1. The number of furan rings is 1. The highest BCUT2D eigenvalue weighted by Crippen LogP contribution is 2.30. The fraction of sp³-hybridized carbons (Fsp3) is 0.368. The molecule has 0 spiro atoms. The van der Waals surface area contributed by atoms with Crippen molar-refractivity contribution in [1.82, 2.24) is 10.2 Å². The first kappa shape index (κ1) is 15.9. The largest absolute Gasteiger partial charge is 0.459 e. The molecule has 0 unspecified atom stereocenters. The van der Waals surface area contributed by atoms with Crippen molar-refractivity contribution in [2.75, 3.05) is 25.0 Å². The molecule has 1 fully saturated rings. The van der Waals surface area contributed by atoms with Crippen LogP contribution in [0.1, 0.15) is 28.1 Å². The summed E-state index contributed by atoms with van der Waals surface area (Å²) in [5, 5.41) is 3.27. The number of hydrogen-bond donors (Lipinski definition) is 1. The van der Waals surface area contributed by atoms with Crippen LogP contribution in [0.25, 0.3) is 0 Å². The summed E-state index contributed by atoms with van der Waals surface area (Å²) >= 11 is 0. The molecule has 0 saturated carbocycles. The predicted octanol–water partition coefficient (Wildman–Crippen LogP) is 1.80. The fourth-order valence-corrected chi connectivity index (χ4v) is 3.60. The predicted molar refractivity (Wildman–Crippen MR) is 93.4 cm³/mol. The number of anilines is 1. The Kier molecular flexibility index (Phi) is 4.05. The summed E-state index contributed by atoms with van der Waals surface area (Å²) in [5.41, 5.74) is 2.69. The summed E-state index contributed by atoms with van der Waals surface area (Å²) < 4.78 is 5.49. The first-order valence-corrected chi connectivity index (χ1v) is 8.57. The van der Waals surface area contributed by atoms with Crippen LogP contribution in [0, 0.1) is 0 Å². The maximum atomic E-state index is 12.8. The molecule has 3 heterocycles. The molecule has 1 N–H and O–H groups in total. The van der Waals surface area contributed by atoms with Crippen molar-refractivity contribution in [2.45, 2.75) is 25.4 Å². The number of carbonyl (C=O) groups is 2. The van der Waals surface area contributed by atoms with Gasteiger partial charge in [-0.25, -0.2) is 0 Å². The van der Waals surface area contributed by atoms with E-state index < -0.39 is 0 Å². The van der Waals surface area contributed by atoms with Crippen LogP contribution in [0.3, 0.4) is 0 Å². The second kappa shape index (κ2) is 6.37. The molecule has 1 aromatic heterocycles. The van der Waals surface area contributed by atoms with Gasteiger partial charge in [-0.15, -0.1) is 0 Å². The minimum atomic E-state index is -0.131. The molecule has 0 radical (unpaired) electrons. The average molecular weight is 339 g/mol. The van der Waals surface area contributed by atoms with Crippen molar-refractivity contribution < 1.29 is 14.0 Å². The van der Waals surface area contributed by atoms with Crippen LogP contribution >= 0.6 is 0 Å². The van der Waals surface area contributed by atoms with Gasteiger partial charge < -0.3 is 19.5 Å². The van der Waals surface area contributed by atoms with E-state index in [4.69, 9.17) is 4.42 Å². The standard InChI is InChI=1S/C19H21N3O3/c1-21(15-6-8-20-11-15)19(24)18-14(7-9-25-18)12-22-16-5-3-2-4-13(16)10-17(22)23/h2-5,7,9,15,20H,6,8,10-12H2,1H3/t15-/m0/s1. The number of hydrogen-bond acceptors (Lipinski definition) is 4. The molecule has 25 heavy (non-hydrogen) atoms. The highest BCUT2D eigenvalue weighted by atomic mass is 16.3. The van der Waals surface area contributed by atoms with Crippen LogP contribution in [0.2, 0.25) is 0 Å². The lowest BCUT2D eigenvalue weighted by atomic mass is 10.1. The van der Waals surface area contributed by atoms with Gasteiger partial charge in [0.1, 0.15) is 0 Å². The molecular weight excluding hydrogens is 318 g/mol. The smallest absolute Gasteiger partial charge is 0.289 e. The topological polar surface area (TPSA) is 65.8 Å². The number of amides is 2. The second-order valence-electron chi connectivity index (χ2n) is 6.62. The Morgan fingerprint density at radius 1 is 1.36 bits per heavy atom. The Balaban J connectivity index is 1.56.